The van der Waals surface area contributed by atoms with Crippen LogP contribution in [0.1, 0.15) is 13.8 Å². The molecule has 0 aliphatic rings. The van der Waals surface area contributed by atoms with Crippen molar-refractivity contribution in [1.82, 2.24) is 0 Å². The summed E-state index contributed by atoms with van der Waals surface area (Å²) in [5, 5.41) is 17.6. The molecule has 80 valence electrons. The number of aliphatic carboxylic acids is 1. The van der Waals surface area contributed by atoms with Gasteiger partial charge in [0, 0.05) is 0 Å². The van der Waals surface area contributed by atoms with E-state index in [-0.39, 0.29) is 0 Å². The van der Waals surface area contributed by atoms with Gasteiger partial charge in [0.1, 0.15) is 0 Å². The average molecular weight is 216 g/mol. The molecule has 0 rings (SSSR count). The van der Waals surface area contributed by atoms with E-state index in [2.05, 4.69) is 4.52 Å². The summed E-state index contributed by atoms with van der Waals surface area (Å²) in [5.41, 5.74) is -2.29. The van der Waals surface area contributed by atoms with Gasteiger partial charge >= 0.3 is 73.9 Å². The Morgan fingerprint density at radius 1 is 1.46 bits per heavy atom. The molecule has 0 aliphatic carbocycles. The Morgan fingerprint density at radius 2 is 1.85 bits per heavy atom. The maximum absolute atomic E-state index is 10.4. The molecule has 13 heavy (non-hydrogen) atoms. The van der Waals surface area contributed by atoms with Gasteiger partial charge in [0.05, 0.1) is 0 Å². The standard InChI is InChI=1S/C5H13O7P/c1-3(12-13(9,10)11)5(2,8)4(6)7/h3,8-11,13H,1-2H3,(H,6,7). The zero-order valence-electron chi connectivity index (χ0n) is 7.13. The van der Waals surface area contributed by atoms with E-state index in [9.17, 15) is 9.90 Å². The van der Waals surface area contributed by atoms with E-state index < -0.39 is 25.8 Å². The van der Waals surface area contributed by atoms with Crippen molar-refractivity contribution >= 4 is 14.1 Å². The van der Waals surface area contributed by atoms with E-state index >= 15 is 0 Å². The molecule has 0 radical (unpaired) electrons. The number of rotatable bonds is 4. The van der Waals surface area contributed by atoms with Gasteiger partial charge in [0.2, 0.25) is 0 Å². The van der Waals surface area contributed by atoms with Gasteiger partial charge in [-0.05, 0) is 0 Å². The summed E-state index contributed by atoms with van der Waals surface area (Å²) >= 11 is 0. The molecule has 0 heterocycles. The average Bonchev–Trinajstić information content (AvgIpc) is 1.82. The van der Waals surface area contributed by atoms with Gasteiger partial charge in [-0.1, -0.05) is 0 Å². The fraction of sp³-hybridized carbons (Fsp3) is 0.800. The van der Waals surface area contributed by atoms with Gasteiger partial charge in [0.25, 0.3) is 0 Å². The normalized spacial score (nSPS) is 20.5. The van der Waals surface area contributed by atoms with E-state index in [1.54, 1.807) is 0 Å². The van der Waals surface area contributed by atoms with Crippen LogP contribution in [0.2, 0.25) is 0 Å². The quantitative estimate of drug-likeness (QED) is 0.366. The third-order valence-corrected chi connectivity index (χ3v) is 2.23. The molecular weight excluding hydrogens is 203 g/mol. The van der Waals surface area contributed by atoms with Gasteiger partial charge < -0.3 is 0 Å². The monoisotopic (exact) mass is 216 g/mol. The van der Waals surface area contributed by atoms with Crippen LogP contribution in [-0.2, 0) is 9.32 Å². The first-order valence-electron chi connectivity index (χ1n) is 3.38. The summed E-state index contributed by atoms with van der Waals surface area (Å²) < 4.78 is 4.14. The zero-order chi connectivity index (χ0) is 10.9. The van der Waals surface area contributed by atoms with Crippen LogP contribution in [0.3, 0.4) is 0 Å². The summed E-state index contributed by atoms with van der Waals surface area (Å²) in [6, 6.07) is 0. The number of hydrogen-bond acceptors (Lipinski definition) is 6. The van der Waals surface area contributed by atoms with Crippen LogP contribution in [0.25, 0.3) is 0 Å². The van der Waals surface area contributed by atoms with Crippen LogP contribution in [0.15, 0.2) is 0 Å². The second kappa shape index (κ2) is 3.83. The van der Waals surface area contributed by atoms with Crippen molar-refractivity contribution in [2.75, 3.05) is 0 Å². The van der Waals surface area contributed by atoms with Crippen LogP contribution in [-0.4, -0.2) is 42.6 Å². The Kier molecular flexibility index (Phi) is 3.74. The summed E-state index contributed by atoms with van der Waals surface area (Å²) in [5.74, 6) is -1.58. The van der Waals surface area contributed by atoms with E-state index in [0.29, 0.717) is 0 Å². The fourth-order valence-corrected chi connectivity index (χ4v) is 1.23. The summed E-state index contributed by atoms with van der Waals surface area (Å²) in [4.78, 5) is 35.8. The van der Waals surface area contributed by atoms with Crippen LogP contribution >= 0.6 is 8.17 Å². The molecule has 0 aliphatic heterocycles. The predicted molar refractivity (Wildman–Crippen MR) is 43.8 cm³/mol. The molecule has 8 heteroatoms. The second-order valence-corrected chi connectivity index (χ2v) is 4.17. The molecule has 2 unspecified atom stereocenters. The minimum atomic E-state index is -4.80. The van der Waals surface area contributed by atoms with Crippen LogP contribution < -0.4 is 0 Å². The van der Waals surface area contributed by atoms with E-state index in [0.717, 1.165) is 13.8 Å². The Labute approximate surface area is 74.9 Å². The molecule has 0 fully saturated rings. The Hall–Kier alpha value is -0.300. The molecule has 0 saturated carbocycles. The molecule has 0 aromatic rings. The van der Waals surface area contributed by atoms with Gasteiger partial charge in [-0.15, -0.1) is 0 Å². The molecular formula is C5H13O7P. The fourth-order valence-electron chi connectivity index (χ4n) is 0.526. The molecule has 0 spiro atoms. The molecule has 0 saturated heterocycles. The third-order valence-electron chi connectivity index (χ3n) is 1.56. The summed E-state index contributed by atoms with van der Waals surface area (Å²) in [6.45, 7) is 2.01. The van der Waals surface area contributed by atoms with Crippen molar-refractivity contribution < 1.29 is 34.2 Å². The molecule has 7 nitrogen and oxygen atoms in total. The maximum atomic E-state index is 10.4. The van der Waals surface area contributed by atoms with Crippen LogP contribution in [0.5, 0.6) is 0 Å². The predicted octanol–water partition coefficient (Wildman–Crippen LogP) is -1.39. The molecule has 0 aromatic carbocycles. The molecule has 0 bridgehead atoms. The Bertz CT molecular complexity index is 196. The zero-order valence-corrected chi connectivity index (χ0v) is 8.13. The van der Waals surface area contributed by atoms with Crippen molar-refractivity contribution in [3.8, 4) is 0 Å². The first-order chi connectivity index (χ1) is 5.57. The SMILES string of the molecule is CC(O[PH](O)(O)O)C(C)(O)C(=O)O. The number of carbonyl (C=O) groups is 1. The first kappa shape index (κ1) is 12.7. The third kappa shape index (κ3) is 3.95. The number of hydrogen-bond donors (Lipinski definition) is 5. The number of carboxylic acids is 1. The number of carboxylic acid groups (broad SMARTS) is 1. The van der Waals surface area contributed by atoms with Gasteiger partial charge in [0.15, 0.2) is 0 Å². The Morgan fingerprint density at radius 3 is 2.08 bits per heavy atom. The van der Waals surface area contributed by atoms with Crippen molar-refractivity contribution in [1.29, 1.82) is 0 Å². The topological polar surface area (TPSA) is 127 Å². The summed E-state index contributed by atoms with van der Waals surface area (Å²) in [6.07, 6.45) is -1.43. The van der Waals surface area contributed by atoms with Crippen molar-refractivity contribution in [2.45, 2.75) is 25.6 Å². The van der Waals surface area contributed by atoms with Crippen molar-refractivity contribution in [3.63, 3.8) is 0 Å². The Balaban J connectivity index is 4.43. The van der Waals surface area contributed by atoms with E-state index in [1.165, 1.54) is 0 Å². The van der Waals surface area contributed by atoms with E-state index in [1.807, 2.05) is 0 Å². The van der Waals surface area contributed by atoms with Gasteiger partial charge in [-0.25, -0.2) is 0 Å². The van der Waals surface area contributed by atoms with Gasteiger partial charge in [-0.3, -0.25) is 0 Å². The molecule has 0 amide bonds. The molecule has 0 aromatic heterocycles. The summed E-state index contributed by atoms with van der Waals surface area (Å²) in [7, 11) is -4.80. The molecule has 5 N–H and O–H groups in total. The van der Waals surface area contributed by atoms with Gasteiger partial charge in [-0.2, -0.15) is 0 Å². The van der Waals surface area contributed by atoms with E-state index in [4.69, 9.17) is 19.8 Å². The molecule has 2 atom stereocenters. The minimum absolute atomic E-state index is 0.917. The van der Waals surface area contributed by atoms with Crippen molar-refractivity contribution in [2.24, 2.45) is 0 Å². The second-order valence-electron chi connectivity index (χ2n) is 2.79. The first-order valence-corrected chi connectivity index (χ1v) is 5.13. The van der Waals surface area contributed by atoms with Crippen molar-refractivity contribution in [3.05, 3.63) is 0 Å². The number of aliphatic hydroxyl groups is 1. The van der Waals surface area contributed by atoms with Crippen LogP contribution in [0, 0.1) is 0 Å². The van der Waals surface area contributed by atoms with Crippen LogP contribution in [0.4, 0.5) is 0 Å².